The van der Waals surface area contributed by atoms with Crippen LogP contribution >= 0.6 is 23.2 Å². The van der Waals surface area contributed by atoms with Gasteiger partial charge in [0, 0.05) is 27.9 Å². The largest absolute Gasteiger partial charge is 0.493 e. The van der Waals surface area contributed by atoms with Crippen molar-refractivity contribution in [1.82, 2.24) is 15.0 Å². The molecule has 0 aliphatic rings. The zero-order valence-corrected chi connectivity index (χ0v) is 19.7. The predicted molar refractivity (Wildman–Crippen MR) is 134 cm³/mol. The van der Waals surface area contributed by atoms with Crippen molar-refractivity contribution in [2.75, 3.05) is 30.2 Å². The Bertz CT molecular complexity index is 1300. The normalized spacial score (nSPS) is 10.7. The molecule has 10 heteroatoms. The van der Waals surface area contributed by atoms with Gasteiger partial charge in [-0.25, -0.2) is 15.0 Å². The first kappa shape index (κ1) is 23.5. The number of hydrogen-bond acceptors (Lipinski definition) is 7. The summed E-state index contributed by atoms with van der Waals surface area (Å²) in [6.45, 7) is 0.480. The first-order valence-corrected chi connectivity index (χ1v) is 11.3. The van der Waals surface area contributed by atoms with Crippen LogP contribution in [0.4, 0.5) is 17.3 Å². The number of anilines is 3. The number of nitrogens with one attached hydrogen (secondary N) is 2. The summed E-state index contributed by atoms with van der Waals surface area (Å²) in [5.74, 6) is 2.36. The fraction of sp³-hybridized carbons (Fsp3) is 0.167. The molecule has 2 aromatic heterocycles. The fourth-order valence-electron chi connectivity index (χ4n) is 3.17. The number of aromatic nitrogens is 3. The quantitative estimate of drug-likeness (QED) is 0.226. The van der Waals surface area contributed by atoms with Crippen molar-refractivity contribution in [3.05, 3.63) is 71.6 Å². The van der Waals surface area contributed by atoms with E-state index in [-0.39, 0.29) is 5.91 Å². The number of hydrogen-bond donors (Lipinski definition) is 2. The number of methoxy groups -OCH3 is 1. The van der Waals surface area contributed by atoms with Crippen LogP contribution in [0.3, 0.4) is 0 Å². The molecule has 2 N–H and O–H groups in total. The molecular formula is C24H21Cl2N5O3. The standard InChI is InChI=1S/C24H21Cl2N5O3/c1-33-20-11-18-19(12-21(20)34-9-3-8-25)28-14-29-23(18)30-17-6-7-22(27-13-17)31-24(32)15-4-2-5-16(26)10-15/h2,4-7,10-14H,3,8-9H2,1H3,(H,27,31,32)(H,28,29,30). The van der Waals surface area contributed by atoms with Gasteiger partial charge in [0.2, 0.25) is 0 Å². The zero-order valence-electron chi connectivity index (χ0n) is 18.2. The minimum Gasteiger partial charge on any atom is -0.493 e. The molecule has 174 valence electrons. The zero-order chi connectivity index (χ0) is 23.9. The molecule has 0 bridgehead atoms. The number of alkyl halides is 1. The Morgan fingerprint density at radius 1 is 1.06 bits per heavy atom. The lowest BCUT2D eigenvalue weighted by Crippen LogP contribution is -2.12. The molecule has 0 atom stereocenters. The first-order valence-electron chi connectivity index (χ1n) is 10.4. The minimum absolute atomic E-state index is 0.298. The lowest BCUT2D eigenvalue weighted by molar-refractivity contribution is 0.102. The first-order chi connectivity index (χ1) is 16.6. The highest BCUT2D eigenvalue weighted by atomic mass is 35.5. The highest BCUT2D eigenvalue weighted by Crippen LogP contribution is 2.34. The van der Waals surface area contributed by atoms with Crippen LogP contribution in [-0.2, 0) is 0 Å². The fourth-order valence-corrected chi connectivity index (χ4v) is 3.47. The van der Waals surface area contributed by atoms with Crippen LogP contribution in [0.25, 0.3) is 10.9 Å². The Balaban J connectivity index is 1.51. The second kappa shape index (κ2) is 11.0. The molecule has 0 fully saturated rings. The van der Waals surface area contributed by atoms with Crippen LogP contribution in [0, 0.1) is 0 Å². The molecule has 0 saturated carbocycles. The van der Waals surface area contributed by atoms with Gasteiger partial charge in [0.05, 0.1) is 31.1 Å². The smallest absolute Gasteiger partial charge is 0.256 e. The van der Waals surface area contributed by atoms with Gasteiger partial charge in [-0.15, -0.1) is 11.6 Å². The summed E-state index contributed by atoms with van der Waals surface area (Å²) in [6, 6.07) is 13.8. The van der Waals surface area contributed by atoms with Crippen LogP contribution in [0.2, 0.25) is 5.02 Å². The monoisotopic (exact) mass is 497 g/mol. The molecule has 4 rings (SSSR count). The molecule has 34 heavy (non-hydrogen) atoms. The number of fused-ring (bicyclic) bond motifs is 1. The second-order valence-corrected chi connectivity index (χ2v) is 7.97. The molecular weight excluding hydrogens is 477 g/mol. The number of carbonyl (C=O) groups excluding carboxylic acids is 1. The van der Waals surface area contributed by atoms with Gasteiger partial charge in [-0.05, 0) is 42.8 Å². The third-order valence-corrected chi connectivity index (χ3v) is 5.31. The lowest BCUT2D eigenvalue weighted by Gasteiger charge is -2.13. The second-order valence-electron chi connectivity index (χ2n) is 7.16. The highest BCUT2D eigenvalue weighted by Gasteiger charge is 2.13. The Hall–Kier alpha value is -3.62. The molecule has 0 saturated heterocycles. The number of rotatable bonds is 9. The number of halogens is 2. The molecule has 2 aromatic carbocycles. The van der Waals surface area contributed by atoms with E-state index in [1.165, 1.54) is 6.33 Å². The summed E-state index contributed by atoms with van der Waals surface area (Å²) in [5.41, 5.74) is 1.82. The van der Waals surface area contributed by atoms with Gasteiger partial charge in [0.25, 0.3) is 5.91 Å². The SMILES string of the molecule is COc1cc2c(Nc3ccc(NC(=O)c4cccc(Cl)c4)nc3)ncnc2cc1OCCCCl. The van der Waals surface area contributed by atoms with Crippen molar-refractivity contribution in [3.63, 3.8) is 0 Å². The van der Waals surface area contributed by atoms with E-state index in [0.717, 1.165) is 11.8 Å². The Labute approximate surface area is 206 Å². The summed E-state index contributed by atoms with van der Waals surface area (Å²) in [7, 11) is 1.58. The van der Waals surface area contributed by atoms with E-state index in [2.05, 4.69) is 25.6 Å². The van der Waals surface area contributed by atoms with Crippen molar-refractivity contribution in [2.24, 2.45) is 0 Å². The van der Waals surface area contributed by atoms with Crippen molar-refractivity contribution in [2.45, 2.75) is 6.42 Å². The summed E-state index contributed by atoms with van der Waals surface area (Å²) >= 11 is 11.7. The van der Waals surface area contributed by atoms with Crippen molar-refractivity contribution in [1.29, 1.82) is 0 Å². The summed E-state index contributed by atoms with van der Waals surface area (Å²) in [6.07, 6.45) is 3.79. The van der Waals surface area contributed by atoms with Crippen LogP contribution in [0.1, 0.15) is 16.8 Å². The molecule has 0 aliphatic heterocycles. The van der Waals surface area contributed by atoms with E-state index in [9.17, 15) is 4.79 Å². The molecule has 0 spiro atoms. The van der Waals surface area contributed by atoms with Crippen molar-refractivity contribution < 1.29 is 14.3 Å². The Morgan fingerprint density at radius 2 is 1.94 bits per heavy atom. The van der Waals surface area contributed by atoms with Crippen molar-refractivity contribution in [3.8, 4) is 11.5 Å². The summed E-state index contributed by atoms with van der Waals surface area (Å²) in [5, 5.41) is 7.22. The van der Waals surface area contributed by atoms with E-state index in [1.807, 2.05) is 12.1 Å². The van der Waals surface area contributed by atoms with E-state index < -0.39 is 0 Å². The number of benzene rings is 2. The van der Waals surface area contributed by atoms with E-state index >= 15 is 0 Å². The Morgan fingerprint density at radius 3 is 2.68 bits per heavy atom. The Kier molecular flexibility index (Phi) is 7.61. The molecule has 2 heterocycles. The van der Waals surface area contributed by atoms with Gasteiger partial charge in [-0.2, -0.15) is 0 Å². The molecule has 4 aromatic rings. The van der Waals surface area contributed by atoms with Gasteiger partial charge in [-0.3, -0.25) is 4.79 Å². The number of amides is 1. The third-order valence-electron chi connectivity index (χ3n) is 4.81. The maximum atomic E-state index is 12.4. The van der Waals surface area contributed by atoms with Gasteiger partial charge in [0.1, 0.15) is 18.0 Å². The maximum absolute atomic E-state index is 12.4. The lowest BCUT2D eigenvalue weighted by atomic mass is 10.2. The van der Waals surface area contributed by atoms with E-state index in [4.69, 9.17) is 32.7 Å². The minimum atomic E-state index is -0.298. The van der Waals surface area contributed by atoms with Crippen LogP contribution in [-0.4, -0.2) is 40.5 Å². The van der Waals surface area contributed by atoms with Gasteiger partial charge >= 0.3 is 0 Å². The van der Waals surface area contributed by atoms with Crippen LogP contribution < -0.4 is 20.1 Å². The van der Waals surface area contributed by atoms with Gasteiger partial charge < -0.3 is 20.1 Å². The van der Waals surface area contributed by atoms with E-state index in [1.54, 1.807) is 49.7 Å². The van der Waals surface area contributed by atoms with Gasteiger partial charge in [0.15, 0.2) is 11.5 Å². The molecule has 1 amide bonds. The number of ether oxygens (including phenoxy) is 2. The molecule has 0 unspecified atom stereocenters. The average molecular weight is 498 g/mol. The van der Waals surface area contributed by atoms with Crippen molar-refractivity contribution >= 4 is 57.3 Å². The van der Waals surface area contributed by atoms with Crippen LogP contribution in [0.5, 0.6) is 11.5 Å². The van der Waals surface area contributed by atoms with E-state index in [0.29, 0.717) is 57.4 Å². The number of pyridine rings is 1. The number of carbonyl (C=O) groups is 1. The van der Waals surface area contributed by atoms with Crippen LogP contribution in [0.15, 0.2) is 61.1 Å². The molecule has 0 aliphatic carbocycles. The molecule has 8 nitrogen and oxygen atoms in total. The summed E-state index contributed by atoms with van der Waals surface area (Å²) in [4.78, 5) is 25.4. The average Bonchev–Trinajstić information content (AvgIpc) is 2.85. The maximum Gasteiger partial charge on any atom is 0.256 e. The predicted octanol–water partition coefficient (Wildman–Crippen LogP) is 5.69. The third kappa shape index (κ3) is 5.65. The number of nitrogens with zero attached hydrogens (tertiary/aromatic N) is 3. The highest BCUT2D eigenvalue weighted by molar-refractivity contribution is 6.31. The topological polar surface area (TPSA) is 98.3 Å². The molecule has 0 radical (unpaired) electrons. The summed E-state index contributed by atoms with van der Waals surface area (Å²) < 4.78 is 11.3. The van der Waals surface area contributed by atoms with Gasteiger partial charge in [-0.1, -0.05) is 17.7 Å².